The van der Waals surface area contributed by atoms with Gasteiger partial charge < -0.3 is 4.74 Å². The van der Waals surface area contributed by atoms with Crippen molar-refractivity contribution in [3.05, 3.63) is 23.3 Å². The van der Waals surface area contributed by atoms with E-state index in [0.717, 1.165) is 26.2 Å². The Bertz CT molecular complexity index is 318. The number of ether oxygens (including phenoxy) is 1. The molecule has 2 heterocycles. The van der Waals surface area contributed by atoms with Gasteiger partial charge in [0.15, 0.2) is 0 Å². The van der Waals surface area contributed by atoms with Crippen molar-refractivity contribution < 1.29 is 4.74 Å². The molecule has 0 aromatic carbocycles. The normalized spacial score (nSPS) is 23.5. The maximum atomic E-state index is 5.30. The minimum absolute atomic E-state index is 0.402. The molecule has 0 radical (unpaired) electrons. The van der Waals surface area contributed by atoms with E-state index in [-0.39, 0.29) is 0 Å². The molecule has 1 unspecified atom stereocenters. The highest BCUT2D eigenvalue weighted by Crippen LogP contribution is 2.20. The fourth-order valence-electron chi connectivity index (χ4n) is 1.98. The molecule has 0 bridgehead atoms. The summed E-state index contributed by atoms with van der Waals surface area (Å²) in [6.07, 6.45) is 7.43. The molecule has 0 fully saturated rings. The molecule has 1 atom stereocenters. The maximum Gasteiger partial charge on any atom is 0.0653 e. The summed E-state index contributed by atoms with van der Waals surface area (Å²) in [4.78, 5) is 0. The quantitative estimate of drug-likeness (QED) is 0.736. The van der Waals surface area contributed by atoms with E-state index in [1.807, 2.05) is 20.1 Å². The molecule has 0 aromatic rings. The third kappa shape index (κ3) is 3.70. The number of hydrogen-bond donors (Lipinski definition) is 0. The van der Waals surface area contributed by atoms with Crippen LogP contribution in [0.1, 0.15) is 34.1 Å². The molecule has 2 rings (SSSR count). The van der Waals surface area contributed by atoms with Gasteiger partial charge >= 0.3 is 0 Å². The smallest absolute Gasteiger partial charge is 0.0653 e. The van der Waals surface area contributed by atoms with Gasteiger partial charge in [-0.25, -0.2) is 0 Å². The Morgan fingerprint density at radius 3 is 2.76 bits per heavy atom. The predicted octanol–water partition coefficient (Wildman–Crippen LogP) is 3.00. The fourth-order valence-corrected chi connectivity index (χ4v) is 1.98. The van der Waals surface area contributed by atoms with E-state index in [1.165, 1.54) is 11.1 Å². The lowest BCUT2D eigenvalue weighted by Gasteiger charge is -2.27. The summed E-state index contributed by atoms with van der Waals surface area (Å²) in [6, 6.07) is 0.402. The summed E-state index contributed by atoms with van der Waals surface area (Å²) in [5.74, 6) is 0. The van der Waals surface area contributed by atoms with Crippen molar-refractivity contribution >= 4 is 6.21 Å². The third-order valence-electron chi connectivity index (χ3n) is 2.89. The molecule has 0 saturated carbocycles. The standard InChI is InChI=1S/C12H18N2O.C2H6/c1-3-14-10(2)8-12(9-13-14)11-4-6-15-7-5-11;1-2/h4,8-10H,3,5-7H2,1-2H3;1-2H3. The Labute approximate surface area is 105 Å². The van der Waals surface area contributed by atoms with Crippen molar-refractivity contribution in [1.29, 1.82) is 0 Å². The van der Waals surface area contributed by atoms with E-state index in [4.69, 9.17) is 4.74 Å². The monoisotopic (exact) mass is 236 g/mol. The number of hydrazone groups is 1. The van der Waals surface area contributed by atoms with Crippen LogP contribution in [0.15, 0.2) is 28.4 Å². The van der Waals surface area contributed by atoms with Crippen molar-refractivity contribution in [2.45, 2.75) is 40.2 Å². The van der Waals surface area contributed by atoms with E-state index in [0.29, 0.717) is 6.04 Å². The zero-order chi connectivity index (χ0) is 12.7. The maximum absolute atomic E-state index is 5.30. The van der Waals surface area contributed by atoms with Crippen molar-refractivity contribution in [3.63, 3.8) is 0 Å². The van der Waals surface area contributed by atoms with E-state index in [2.05, 4.69) is 36.1 Å². The second-order valence-electron chi connectivity index (χ2n) is 3.92. The van der Waals surface area contributed by atoms with Crippen molar-refractivity contribution in [2.24, 2.45) is 5.10 Å². The molecule has 3 heteroatoms. The van der Waals surface area contributed by atoms with Crippen LogP contribution in [-0.4, -0.2) is 37.0 Å². The van der Waals surface area contributed by atoms with Gasteiger partial charge in [-0.05, 0) is 31.4 Å². The number of hydrogen-bond acceptors (Lipinski definition) is 3. The summed E-state index contributed by atoms with van der Waals surface area (Å²) in [5, 5.41) is 6.53. The summed E-state index contributed by atoms with van der Waals surface area (Å²) in [5.41, 5.74) is 2.66. The number of allylic oxidation sites excluding steroid dienone is 1. The lowest BCUT2D eigenvalue weighted by atomic mass is 9.99. The molecule has 3 nitrogen and oxygen atoms in total. The summed E-state index contributed by atoms with van der Waals surface area (Å²) < 4.78 is 5.30. The predicted molar refractivity (Wildman–Crippen MR) is 73.3 cm³/mol. The minimum Gasteiger partial charge on any atom is -0.377 e. The highest BCUT2D eigenvalue weighted by molar-refractivity contribution is 5.85. The van der Waals surface area contributed by atoms with Gasteiger partial charge in [-0.1, -0.05) is 26.0 Å². The Hall–Kier alpha value is -1.09. The molecule has 0 saturated heterocycles. The second-order valence-corrected chi connectivity index (χ2v) is 3.92. The molecule has 0 N–H and O–H groups in total. The minimum atomic E-state index is 0.402. The first-order chi connectivity index (χ1) is 8.31. The van der Waals surface area contributed by atoms with Crippen LogP contribution >= 0.6 is 0 Å². The van der Waals surface area contributed by atoms with E-state index in [1.54, 1.807) is 0 Å². The Kier molecular flexibility index (Phi) is 5.98. The first kappa shape index (κ1) is 14.0. The average molecular weight is 236 g/mol. The van der Waals surface area contributed by atoms with Gasteiger partial charge in [-0.15, -0.1) is 0 Å². The van der Waals surface area contributed by atoms with Crippen LogP contribution in [0.25, 0.3) is 0 Å². The Morgan fingerprint density at radius 2 is 2.24 bits per heavy atom. The van der Waals surface area contributed by atoms with Gasteiger partial charge in [0, 0.05) is 6.54 Å². The summed E-state index contributed by atoms with van der Waals surface area (Å²) in [6.45, 7) is 10.8. The summed E-state index contributed by atoms with van der Waals surface area (Å²) >= 11 is 0. The zero-order valence-electron chi connectivity index (χ0n) is 11.4. The van der Waals surface area contributed by atoms with Crippen LogP contribution in [0.4, 0.5) is 0 Å². The van der Waals surface area contributed by atoms with Crippen LogP contribution in [0.2, 0.25) is 0 Å². The molecule has 17 heavy (non-hydrogen) atoms. The summed E-state index contributed by atoms with van der Waals surface area (Å²) in [7, 11) is 0. The molecular weight excluding hydrogens is 212 g/mol. The molecule has 0 aromatic heterocycles. The molecule has 2 aliphatic rings. The van der Waals surface area contributed by atoms with Crippen LogP contribution in [0, 0.1) is 0 Å². The molecular formula is C14H24N2O. The fraction of sp³-hybridized carbons (Fsp3) is 0.643. The Morgan fingerprint density at radius 1 is 1.47 bits per heavy atom. The molecule has 0 amide bonds. The van der Waals surface area contributed by atoms with Crippen LogP contribution in [0.5, 0.6) is 0 Å². The SMILES string of the molecule is CC.CCN1N=CC(C2=CCOCC2)=CC1C. The van der Waals surface area contributed by atoms with Gasteiger partial charge in [-0.2, -0.15) is 5.10 Å². The number of nitrogens with zero attached hydrogens (tertiary/aromatic N) is 2. The van der Waals surface area contributed by atoms with Crippen LogP contribution in [0.3, 0.4) is 0 Å². The molecule has 2 aliphatic heterocycles. The van der Waals surface area contributed by atoms with Gasteiger partial charge in [0.2, 0.25) is 0 Å². The molecule has 0 spiro atoms. The second kappa shape index (κ2) is 7.28. The number of rotatable bonds is 2. The highest BCUT2D eigenvalue weighted by Gasteiger charge is 2.15. The van der Waals surface area contributed by atoms with Gasteiger partial charge in [0.25, 0.3) is 0 Å². The van der Waals surface area contributed by atoms with Gasteiger partial charge in [0.05, 0.1) is 25.5 Å². The zero-order valence-corrected chi connectivity index (χ0v) is 11.4. The topological polar surface area (TPSA) is 24.8 Å². The van der Waals surface area contributed by atoms with Gasteiger partial charge in [0.1, 0.15) is 0 Å². The van der Waals surface area contributed by atoms with Gasteiger partial charge in [-0.3, -0.25) is 5.01 Å². The molecule has 0 aliphatic carbocycles. The lowest BCUT2D eigenvalue weighted by molar-refractivity contribution is 0.155. The van der Waals surface area contributed by atoms with E-state index >= 15 is 0 Å². The lowest BCUT2D eigenvalue weighted by Crippen LogP contribution is -2.30. The number of likely N-dealkylation sites (N-methyl/N-ethyl adjacent to an activating group) is 1. The van der Waals surface area contributed by atoms with E-state index in [9.17, 15) is 0 Å². The highest BCUT2D eigenvalue weighted by atomic mass is 16.5. The van der Waals surface area contributed by atoms with Crippen molar-refractivity contribution in [2.75, 3.05) is 19.8 Å². The Balaban J connectivity index is 0.000000686. The average Bonchev–Trinajstić information content (AvgIpc) is 2.42. The van der Waals surface area contributed by atoms with Crippen molar-refractivity contribution in [1.82, 2.24) is 5.01 Å². The van der Waals surface area contributed by atoms with E-state index < -0.39 is 0 Å². The largest absolute Gasteiger partial charge is 0.377 e. The third-order valence-corrected chi connectivity index (χ3v) is 2.89. The van der Waals surface area contributed by atoms with Crippen LogP contribution in [-0.2, 0) is 4.74 Å². The molecule has 96 valence electrons. The first-order valence-electron chi connectivity index (χ1n) is 6.61. The van der Waals surface area contributed by atoms with Crippen LogP contribution < -0.4 is 0 Å². The van der Waals surface area contributed by atoms with Crippen molar-refractivity contribution in [3.8, 4) is 0 Å². The first-order valence-corrected chi connectivity index (χ1v) is 6.61.